The Balaban J connectivity index is 1.38. The van der Waals surface area contributed by atoms with Crippen LogP contribution >= 0.6 is 0 Å². The zero-order valence-electron chi connectivity index (χ0n) is 19.2. The number of carbonyl (C=O) groups is 1. The largest absolute Gasteiger partial charge is 0.477 e. The highest BCUT2D eigenvalue weighted by atomic mass is 19.2. The molecule has 0 bridgehead atoms. The number of fused-ring (bicyclic) bond motifs is 1. The molecule has 180 valence electrons. The topological polar surface area (TPSA) is 75.9 Å². The summed E-state index contributed by atoms with van der Waals surface area (Å²) in [4.78, 5) is 21.3. The van der Waals surface area contributed by atoms with Gasteiger partial charge >= 0.3 is 0 Å². The van der Waals surface area contributed by atoms with Crippen molar-refractivity contribution >= 4 is 11.6 Å². The Morgan fingerprint density at radius 2 is 1.83 bits per heavy atom. The molecule has 5 rings (SSSR count). The minimum absolute atomic E-state index is 0.0153. The van der Waals surface area contributed by atoms with E-state index >= 15 is 0 Å². The zero-order valence-corrected chi connectivity index (χ0v) is 19.2. The number of nitrogens with zero attached hydrogens (tertiary/aromatic N) is 6. The lowest BCUT2D eigenvalue weighted by molar-refractivity contribution is 0.0664. The zero-order chi connectivity index (χ0) is 24.4. The normalized spacial score (nSPS) is 14.4. The highest BCUT2D eigenvalue weighted by Crippen LogP contribution is 2.24. The van der Waals surface area contributed by atoms with Gasteiger partial charge in [-0.15, -0.1) is 10.2 Å². The summed E-state index contributed by atoms with van der Waals surface area (Å²) in [5.41, 5.74) is 2.40. The van der Waals surface area contributed by atoms with E-state index in [0.717, 1.165) is 25.2 Å². The number of hydrogen-bond acceptors (Lipinski definition) is 6. The molecule has 35 heavy (non-hydrogen) atoms. The van der Waals surface area contributed by atoms with Crippen LogP contribution in [0.15, 0.2) is 54.9 Å². The highest BCUT2D eigenvalue weighted by molar-refractivity contribution is 5.95. The number of likely N-dealkylation sites (N-methyl/N-ethyl adjacent to an activating group) is 1. The average molecular weight is 479 g/mol. The molecule has 0 spiro atoms. The Morgan fingerprint density at radius 1 is 1.00 bits per heavy atom. The number of rotatable bonds is 6. The van der Waals surface area contributed by atoms with Crippen molar-refractivity contribution in [2.75, 3.05) is 39.8 Å². The van der Waals surface area contributed by atoms with E-state index in [1.165, 1.54) is 6.07 Å². The van der Waals surface area contributed by atoms with Crippen molar-refractivity contribution in [2.24, 2.45) is 0 Å². The van der Waals surface area contributed by atoms with Crippen LogP contribution in [0.2, 0.25) is 0 Å². The van der Waals surface area contributed by atoms with Gasteiger partial charge in [0.15, 0.2) is 23.1 Å². The number of amides is 1. The van der Waals surface area contributed by atoms with Gasteiger partial charge in [-0.2, -0.15) is 0 Å². The van der Waals surface area contributed by atoms with Crippen molar-refractivity contribution in [1.82, 2.24) is 29.4 Å². The lowest BCUT2D eigenvalue weighted by atomic mass is 10.1. The molecule has 1 amide bonds. The summed E-state index contributed by atoms with van der Waals surface area (Å²) in [6.45, 7) is 3.28. The summed E-state index contributed by atoms with van der Waals surface area (Å²) in [5, 5.41) is 8.50. The van der Waals surface area contributed by atoms with Gasteiger partial charge in [-0.1, -0.05) is 18.2 Å². The molecule has 4 aromatic rings. The fourth-order valence-electron chi connectivity index (χ4n) is 4.06. The summed E-state index contributed by atoms with van der Waals surface area (Å²) >= 11 is 0. The molecule has 0 atom stereocenters. The van der Waals surface area contributed by atoms with Crippen LogP contribution in [0.1, 0.15) is 15.9 Å². The van der Waals surface area contributed by atoms with Gasteiger partial charge in [-0.25, -0.2) is 13.2 Å². The van der Waals surface area contributed by atoms with Crippen LogP contribution in [0, 0.1) is 11.6 Å². The molecule has 2 aromatic carbocycles. The second-order valence-electron chi connectivity index (χ2n) is 8.49. The maximum Gasteiger partial charge on any atom is 0.253 e. The molecule has 2 aromatic heterocycles. The number of hydrogen-bond donors (Lipinski definition) is 0. The van der Waals surface area contributed by atoms with Crippen molar-refractivity contribution in [3.05, 3.63) is 77.6 Å². The molecule has 0 aliphatic carbocycles. The molecule has 0 radical (unpaired) electrons. The molecule has 1 aliphatic rings. The molecule has 8 nitrogen and oxygen atoms in total. The van der Waals surface area contributed by atoms with Gasteiger partial charge in [0, 0.05) is 43.7 Å². The fourth-order valence-corrected chi connectivity index (χ4v) is 4.06. The maximum atomic E-state index is 13.5. The second-order valence-corrected chi connectivity index (χ2v) is 8.49. The van der Waals surface area contributed by atoms with Crippen molar-refractivity contribution in [3.8, 4) is 17.3 Å². The van der Waals surface area contributed by atoms with Crippen LogP contribution < -0.4 is 4.74 Å². The monoisotopic (exact) mass is 478 g/mol. The summed E-state index contributed by atoms with van der Waals surface area (Å²) in [5.74, 6) is -0.873. The predicted molar refractivity (Wildman–Crippen MR) is 125 cm³/mol. The van der Waals surface area contributed by atoms with Gasteiger partial charge in [-0.05, 0) is 36.9 Å². The first-order valence-electron chi connectivity index (χ1n) is 11.3. The van der Waals surface area contributed by atoms with E-state index in [4.69, 9.17) is 4.74 Å². The third-order valence-electron chi connectivity index (χ3n) is 6.07. The van der Waals surface area contributed by atoms with E-state index in [2.05, 4.69) is 20.1 Å². The van der Waals surface area contributed by atoms with E-state index < -0.39 is 11.6 Å². The number of benzene rings is 2. The summed E-state index contributed by atoms with van der Waals surface area (Å²) < 4.78 is 34.3. The smallest absolute Gasteiger partial charge is 0.253 e. The number of ether oxygens (including phenoxy) is 1. The molecular formula is C25H24F2N6O2. The summed E-state index contributed by atoms with van der Waals surface area (Å²) in [7, 11) is 2.05. The Kier molecular flexibility index (Phi) is 6.37. The first kappa shape index (κ1) is 22.9. The minimum atomic E-state index is -0.890. The predicted octanol–water partition coefficient (Wildman–Crippen LogP) is 3.08. The van der Waals surface area contributed by atoms with Crippen LogP contribution in [0.5, 0.6) is 5.88 Å². The van der Waals surface area contributed by atoms with Crippen LogP contribution in [0.4, 0.5) is 8.78 Å². The Labute approximate surface area is 200 Å². The third-order valence-corrected chi connectivity index (χ3v) is 6.07. The van der Waals surface area contributed by atoms with Gasteiger partial charge in [-0.3, -0.25) is 9.78 Å². The van der Waals surface area contributed by atoms with Gasteiger partial charge in [0.25, 0.3) is 5.91 Å². The molecule has 0 N–H and O–H groups in total. The molecule has 0 saturated carbocycles. The molecule has 0 unspecified atom stereocenters. The van der Waals surface area contributed by atoms with E-state index in [-0.39, 0.29) is 12.5 Å². The van der Waals surface area contributed by atoms with Crippen molar-refractivity contribution in [1.29, 1.82) is 0 Å². The van der Waals surface area contributed by atoms with E-state index in [0.29, 0.717) is 53.6 Å². The molecule has 1 saturated heterocycles. The number of aromatic nitrogens is 4. The fraction of sp³-hybridized carbons (Fsp3) is 0.280. The van der Waals surface area contributed by atoms with Crippen LogP contribution in [0.3, 0.4) is 0 Å². The molecule has 1 aliphatic heterocycles. The Morgan fingerprint density at radius 3 is 2.63 bits per heavy atom. The van der Waals surface area contributed by atoms with Gasteiger partial charge in [0.2, 0.25) is 5.88 Å². The SMILES string of the molecule is CN1CCN(C(=O)c2cccc(-c3nnc4cncc(OCCc5ccc(F)c(F)c5)n34)c2)CC1. The number of carbonyl (C=O) groups excluding carboxylic acids is 1. The quantitative estimate of drug-likeness (QED) is 0.424. The van der Waals surface area contributed by atoms with Crippen molar-refractivity contribution in [2.45, 2.75) is 6.42 Å². The Hall–Kier alpha value is -3.92. The standard InChI is InChI=1S/C25H24F2N6O2/c1-31-8-10-32(11-9-31)25(34)19-4-2-3-18(14-19)24-30-29-22-15-28-16-23(33(22)24)35-12-7-17-5-6-20(26)21(27)13-17/h2-6,13-16H,7-12H2,1H3. The molecule has 3 heterocycles. The van der Waals surface area contributed by atoms with Crippen molar-refractivity contribution in [3.63, 3.8) is 0 Å². The summed E-state index contributed by atoms with van der Waals surface area (Å²) in [6.07, 6.45) is 3.49. The molecular weight excluding hydrogens is 454 g/mol. The van der Waals surface area contributed by atoms with Crippen molar-refractivity contribution < 1.29 is 18.3 Å². The van der Waals surface area contributed by atoms with E-state index in [1.807, 2.05) is 30.1 Å². The molecule has 1 fully saturated rings. The van der Waals surface area contributed by atoms with Crippen LogP contribution in [-0.4, -0.2) is 75.1 Å². The second kappa shape index (κ2) is 9.75. The number of piperazine rings is 1. The van der Waals surface area contributed by atoms with Crippen LogP contribution in [0.25, 0.3) is 17.0 Å². The van der Waals surface area contributed by atoms with E-state index in [1.54, 1.807) is 22.9 Å². The van der Waals surface area contributed by atoms with Gasteiger partial charge in [0.05, 0.1) is 19.0 Å². The van der Waals surface area contributed by atoms with Crippen LogP contribution in [-0.2, 0) is 6.42 Å². The maximum absolute atomic E-state index is 13.5. The van der Waals surface area contributed by atoms with E-state index in [9.17, 15) is 13.6 Å². The van der Waals surface area contributed by atoms with Gasteiger partial charge < -0.3 is 14.5 Å². The lowest BCUT2D eigenvalue weighted by Gasteiger charge is -2.32. The average Bonchev–Trinajstić information content (AvgIpc) is 3.31. The minimum Gasteiger partial charge on any atom is -0.477 e. The highest BCUT2D eigenvalue weighted by Gasteiger charge is 2.21. The first-order valence-corrected chi connectivity index (χ1v) is 11.3. The lowest BCUT2D eigenvalue weighted by Crippen LogP contribution is -2.47. The first-order chi connectivity index (χ1) is 17.0. The summed E-state index contributed by atoms with van der Waals surface area (Å²) in [6, 6.07) is 11.1. The third kappa shape index (κ3) is 4.83. The molecule has 10 heteroatoms. The van der Waals surface area contributed by atoms with Gasteiger partial charge in [0.1, 0.15) is 0 Å². The Bertz CT molecular complexity index is 1370. The number of halogens is 2.